The molecule has 6 rings (SSSR count). The molecule has 0 unspecified atom stereocenters. The number of nitrogens with zero attached hydrogens (tertiary/aromatic N) is 6. The number of aromatic amines is 2. The second-order valence-corrected chi connectivity index (χ2v) is 8.72. The van der Waals surface area contributed by atoms with Crippen molar-refractivity contribution in [1.82, 2.24) is 40.0 Å². The normalized spacial score (nSPS) is 11.7. The van der Waals surface area contributed by atoms with Gasteiger partial charge in [0.25, 0.3) is 0 Å². The Morgan fingerprint density at radius 1 is 0.917 bits per heavy atom. The standard InChI is InChI=1S/C26H20F2N8/c1-36(2)13-14-9-15(11-29-10-14)22-21(28)20-19(12-31-22)34-35-25(20)26-32-18-7-8-30-23(24(18)33-26)16-5-3-4-6-17(16)27/h3-12H,13H2,1-2H3,(H,32,33)(H,34,35). The zero-order valence-corrected chi connectivity index (χ0v) is 19.4. The van der Waals surface area contributed by atoms with Crippen LogP contribution in [0.25, 0.3) is 56.0 Å². The number of benzene rings is 1. The molecular formula is C26H20F2N8. The monoisotopic (exact) mass is 482 g/mol. The highest BCUT2D eigenvalue weighted by Gasteiger charge is 2.22. The molecule has 0 saturated heterocycles. The first-order chi connectivity index (χ1) is 17.5. The minimum absolute atomic E-state index is 0.170. The topological polar surface area (TPSA) is 99.3 Å². The Balaban J connectivity index is 1.50. The fraction of sp³-hybridized carbons (Fsp3) is 0.115. The number of fused-ring (bicyclic) bond motifs is 2. The van der Waals surface area contributed by atoms with Crippen molar-refractivity contribution in [3.05, 3.63) is 78.4 Å². The summed E-state index contributed by atoms with van der Waals surface area (Å²) in [7, 11) is 3.91. The third-order valence-electron chi connectivity index (χ3n) is 5.87. The Kier molecular flexibility index (Phi) is 5.23. The zero-order chi connectivity index (χ0) is 24.8. The van der Waals surface area contributed by atoms with Gasteiger partial charge in [-0.15, -0.1) is 0 Å². The number of rotatable bonds is 5. The maximum absolute atomic E-state index is 15.9. The summed E-state index contributed by atoms with van der Waals surface area (Å²) in [6.45, 7) is 0.666. The van der Waals surface area contributed by atoms with Crippen LogP contribution in [0.2, 0.25) is 0 Å². The van der Waals surface area contributed by atoms with Crippen molar-refractivity contribution in [2.45, 2.75) is 6.54 Å². The smallest absolute Gasteiger partial charge is 0.161 e. The van der Waals surface area contributed by atoms with E-state index in [2.05, 4.69) is 35.1 Å². The lowest BCUT2D eigenvalue weighted by atomic mass is 10.1. The molecule has 0 aliphatic rings. The first-order valence-corrected chi connectivity index (χ1v) is 11.2. The van der Waals surface area contributed by atoms with E-state index in [1.54, 1.807) is 42.9 Å². The second-order valence-electron chi connectivity index (χ2n) is 8.72. The number of halogens is 2. The Morgan fingerprint density at radius 2 is 1.78 bits per heavy atom. The molecule has 5 heterocycles. The third kappa shape index (κ3) is 3.68. The number of nitrogens with one attached hydrogen (secondary N) is 2. The van der Waals surface area contributed by atoms with Crippen LogP contribution in [0.1, 0.15) is 5.56 Å². The minimum atomic E-state index is -0.534. The van der Waals surface area contributed by atoms with Crippen LogP contribution in [0, 0.1) is 11.6 Å². The molecule has 0 bridgehead atoms. The molecule has 1 aromatic carbocycles. The third-order valence-corrected chi connectivity index (χ3v) is 5.87. The maximum Gasteiger partial charge on any atom is 0.161 e. The molecule has 10 heteroatoms. The van der Waals surface area contributed by atoms with Gasteiger partial charge in [-0.2, -0.15) is 5.10 Å². The van der Waals surface area contributed by atoms with Gasteiger partial charge in [0.05, 0.1) is 22.6 Å². The summed E-state index contributed by atoms with van der Waals surface area (Å²) in [4.78, 5) is 22.8. The maximum atomic E-state index is 15.9. The summed E-state index contributed by atoms with van der Waals surface area (Å²) in [5.41, 5.74) is 4.20. The molecule has 0 saturated carbocycles. The van der Waals surface area contributed by atoms with E-state index in [9.17, 15) is 4.39 Å². The number of H-pyrrole nitrogens is 2. The van der Waals surface area contributed by atoms with Gasteiger partial charge in [-0.3, -0.25) is 20.1 Å². The van der Waals surface area contributed by atoms with Gasteiger partial charge >= 0.3 is 0 Å². The Bertz CT molecular complexity index is 1740. The van der Waals surface area contributed by atoms with Crippen molar-refractivity contribution in [3.8, 4) is 34.0 Å². The summed E-state index contributed by atoms with van der Waals surface area (Å²) in [6.07, 6.45) is 6.45. The molecule has 178 valence electrons. The number of hydrogen-bond acceptors (Lipinski definition) is 6. The van der Waals surface area contributed by atoms with Gasteiger partial charge in [-0.1, -0.05) is 12.1 Å². The predicted molar refractivity (Wildman–Crippen MR) is 133 cm³/mol. The van der Waals surface area contributed by atoms with Crippen LogP contribution in [0.15, 0.2) is 61.2 Å². The Morgan fingerprint density at radius 3 is 2.61 bits per heavy atom. The van der Waals surface area contributed by atoms with Gasteiger partial charge in [-0.25, -0.2) is 13.8 Å². The van der Waals surface area contributed by atoms with Crippen molar-refractivity contribution in [3.63, 3.8) is 0 Å². The number of imidazole rings is 1. The molecule has 0 amide bonds. The minimum Gasteiger partial charge on any atom is -0.336 e. The average molecular weight is 482 g/mol. The zero-order valence-electron chi connectivity index (χ0n) is 19.4. The molecule has 36 heavy (non-hydrogen) atoms. The Labute approximate surface area is 204 Å². The SMILES string of the molecule is CN(C)Cc1cncc(-c2ncc3[nH]nc(-c4nc5c(-c6ccccc6F)nccc5[nH]4)c3c2F)c1. The molecule has 0 radical (unpaired) electrons. The number of aromatic nitrogens is 7. The summed E-state index contributed by atoms with van der Waals surface area (Å²) >= 11 is 0. The van der Waals surface area contributed by atoms with E-state index < -0.39 is 11.6 Å². The van der Waals surface area contributed by atoms with E-state index in [0.717, 1.165) is 5.56 Å². The van der Waals surface area contributed by atoms with Crippen LogP contribution in [-0.4, -0.2) is 54.1 Å². The van der Waals surface area contributed by atoms with Gasteiger partial charge in [0.15, 0.2) is 11.6 Å². The van der Waals surface area contributed by atoms with Crippen LogP contribution in [0.5, 0.6) is 0 Å². The van der Waals surface area contributed by atoms with Gasteiger partial charge < -0.3 is 9.88 Å². The molecule has 0 fully saturated rings. The van der Waals surface area contributed by atoms with E-state index in [1.165, 1.54) is 12.3 Å². The van der Waals surface area contributed by atoms with Crippen molar-refractivity contribution in [1.29, 1.82) is 0 Å². The fourth-order valence-electron chi connectivity index (χ4n) is 4.31. The molecule has 0 aliphatic carbocycles. The Hall–Kier alpha value is -4.57. The van der Waals surface area contributed by atoms with E-state index in [1.807, 2.05) is 25.1 Å². The molecule has 0 aliphatic heterocycles. The van der Waals surface area contributed by atoms with Crippen LogP contribution in [0.3, 0.4) is 0 Å². The van der Waals surface area contributed by atoms with E-state index in [-0.39, 0.29) is 11.1 Å². The van der Waals surface area contributed by atoms with E-state index in [0.29, 0.717) is 51.4 Å². The molecule has 8 nitrogen and oxygen atoms in total. The average Bonchev–Trinajstić information content (AvgIpc) is 3.49. The van der Waals surface area contributed by atoms with E-state index in [4.69, 9.17) is 0 Å². The van der Waals surface area contributed by atoms with Crippen molar-refractivity contribution >= 4 is 21.9 Å². The molecular weight excluding hydrogens is 462 g/mol. The van der Waals surface area contributed by atoms with Crippen LogP contribution < -0.4 is 0 Å². The first kappa shape index (κ1) is 21.9. The lowest BCUT2D eigenvalue weighted by Crippen LogP contribution is -2.10. The summed E-state index contributed by atoms with van der Waals surface area (Å²) in [5.74, 6) is -0.607. The molecule has 0 atom stereocenters. The van der Waals surface area contributed by atoms with Gasteiger partial charge in [0, 0.05) is 36.3 Å². The summed E-state index contributed by atoms with van der Waals surface area (Å²) in [6, 6.07) is 9.97. The lowest BCUT2D eigenvalue weighted by Gasteiger charge is -2.10. The van der Waals surface area contributed by atoms with Crippen LogP contribution in [0.4, 0.5) is 8.78 Å². The van der Waals surface area contributed by atoms with Crippen LogP contribution in [-0.2, 0) is 6.54 Å². The van der Waals surface area contributed by atoms with Crippen molar-refractivity contribution in [2.75, 3.05) is 14.1 Å². The summed E-state index contributed by atoms with van der Waals surface area (Å²) in [5, 5.41) is 7.40. The molecule has 0 spiro atoms. The predicted octanol–water partition coefficient (Wildman–Crippen LogP) is 4.97. The lowest BCUT2D eigenvalue weighted by molar-refractivity contribution is 0.402. The fourth-order valence-corrected chi connectivity index (χ4v) is 4.31. The van der Waals surface area contributed by atoms with Crippen molar-refractivity contribution < 1.29 is 8.78 Å². The highest BCUT2D eigenvalue weighted by molar-refractivity contribution is 5.97. The van der Waals surface area contributed by atoms with Crippen LogP contribution >= 0.6 is 0 Å². The van der Waals surface area contributed by atoms with E-state index >= 15 is 4.39 Å². The van der Waals surface area contributed by atoms with Gasteiger partial charge in [-0.05, 0) is 43.9 Å². The second kappa shape index (κ2) is 8.58. The molecule has 6 aromatic rings. The first-order valence-electron chi connectivity index (χ1n) is 11.2. The highest BCUT2D eigenvalue weighted by Crippen LogP contribution is 2.34. The van der Waals surface area contributed by atoms with Gasteiger partial charge in [0.2, 0.25) is 0 Å². The molecule has 2 N–H and O–H groups in total. The highest BCUT2D eigenvalue weighted by atomic mass is 19.1. The quantitative estimate of drug-likeness (QED) is 0.360. The number of hydrogen-bond donors (Lipinski definition) is 2. The molecule has 5 aromatic heterocycles. The van der Waals surface area contributed by atoms with Crippen molar-refractivity contribution in [2.24, 2.45) is 0 Å². The largest absolute Gasteiger partial charge is 0.336 e. The number of pyridine rings is 3. The summed E-state index contributed by atoms with van der Waals surface area (Å²) < 4.78 is 30.4. The van der Waals surface area contributed by atoms with Gasteiger partial charge in [0.1, 0.15) is 28.4 Å².